The number of fused-ring (bicyclic) bond motifs is 1. The van der Waals surface area contributed by atoms with Gasteiger partial charge in [-0.15, -0.1) is 5.10 Å². The summed E-state index contributed by atoms with van der Waals surface area (Å²) in [6, 6.07) is 9.79. The van der Waals surface area contributed by atoms with Crippen LogP contribution in [0.15, 0.2) is 36.5 Å². The van der Waals surface area contributed by atoms with Gasteiger partial charge >= 0.3 is 0 Å². The van der Waals surface area contributed by atoms with Gasteiger partial charge in [0, 0.05) is 18.2 Å². The van der Waals surface area contributed by atoms with Gasteiger partial charge in [0.2, 0.25) is 0 Å². The first-order valence-electron chi connectivity index (χ1n) is 6.17. The van der Waals surface area contributed by atoms with Crippen LogP contribution in [-0.2, 0) is 6.42 Å². The monoisotopic (exact) mass is 254 g/mol. The summed E-state index contributed by atoms with van der Waals surface area (Å²) in [5.41, 5.74) is 1.98. The van der Waals surface area contributed by atoms with E-state index in [1.54, 1.807) is 17.8 Å². The van der Waals surface area contributed by atoms with E-state index in [2.05, 4.69) is 15.1 Å². The first kappa shape index (κ1) is 11.6. The van der Waals surface area contributed by atoms with E-state index in [4.69, 9.17) is 4.74 Å². The average Bonchev–Trinajstić information content (AvgIpc) is 2.90. The molecule has 0 aliphatic heterocycles. The number of rotatable bonds is 3. The van der Waals surface area contributed by atoms with Crippen LogP contribution >= 0.6 is 0 Å². The lowest BCUT2D eigenvalue weighted by molar-refractivity contribution is 0.415. The maximum Gasteiger partial charge on any atom is 0.252 e. The van der Waals surface area contributed by atoms with E-state index in [9.17, 15) is 0 Å². The topological polar surface area (TPSA) is 52.3 Å². The highest BCUT2D eigenvalue weighted by atomic mass is 16.5. The molecule has 0 atom stereocenters. The lowest BCUT2D eigenvalue weighted by Gasteiger charge is -2.05. The molecule has 19 heavy (non-hydrogen) atoms. The van der Waals surface area contributed by atoms with Gasteiger partial charge in [0.15, 0.2) is 5.82 Å². The summed E-state index contributed by atoms with van der Waals surface area (Å²) < 4.78 is 7.03. The molecule has 5 heteroatoms. The molecule has 3 rings (SSSR count). The van der Waals surface area contributed by atoms with Gasteiger partial charge in [0.05, 0.1) is 12.8 Å². The number of nitrogens with zero attached hydrogens (tertiary/aromatic N) is 4. The highest BCUT2D eigenvalue weighted by molar-refractivity contribution is 5.63. The number of benzene rings is 1. The van der Waals surface area contributed by atoms with Crippen LogP contribution < -0.4 is 4.74 Å². The van der Waals surface area contributed by atoms with Gasteiger partial charge in [-0.05, 0) is 18.2 Å². The number of hydrogen-bond donors (Lipinski definition) is 0. The first-order chi connectivity index (χ1) is 9.31. The maximum absolute atomic E-state index is 5.25. The molecular formula is C14H14N4O. The highest BCUT2D eigenvalue weighted by Crippen LogP contribution is 2.23. The van der Waals surface area contributed by atoms with Crippen molar-refractivity contribution in [3.8, 4) is 17.0 Å². The third-order valence-corrected chi connectivity index (χ3v) is 2.97. The van der Waals surface area contributed by atoms with Crippen LogP contribution in [0.5, 0.6) is 5.75 Å². The predicted molar refractivity (Wildman–Crippen MR) is 72.1 cm³/mol. The third-order valence-electron chi connectivity index (χ3n) is 2.97. The van der Waals surface area contributed by atoms with Gasteiger partial charge in [-0.2, -0.15) is 9.50 Å². The third kappa shape index (κ3) is 2.03. The van der Waals surface area contributed by atoms with Crippen molar-refractivity contribution in [1.29, 1.82) is 0 Å². The molecule has 0 unspecified atom stereocenters. The van der Waals surface area contributed by atoms with Crippen molar-refractivity contribution in [2.45, 2.75) is 13.3 Å². The van der Waals surface area contributed by atoms with Crippen molar-refractivity contribution in [1.82, 2.24) is 19.6 Å². The number of hydrogen-bond acceptors (Lipinski definition) is 4. The van der Waals surface area contributed by atoms with E-state index in [-0.39, 0.29) is 0 Å². The molecule has 5 nitrogen and oxygen atoms in total. The Balaban J connectivity index is 2.20. The Bertz CT molecular complexity index is 720. The lowest BCUT2D eigenvalue weighted by Crippen LogP contribution is -1.96. The van der Waals surface area contributed by atoms with Crippen LogP contribution in [-0.4, -0.2) is 26.7 Å². The van der Waals surface area contributed by atoms with Crippen molar-refractivity contribution in [3.05, 3.63) is 42.4 Å². The summed E-state index contributed by atoms with van der Waals surface area (Å²) in [6.45, 7) is 2.03. The minimum atomic E-state index is 0.622. The normalized spacial score (nSPS) is 10.8. The predicted octanol–water partition coefficient (Wildman–Crippen LogP) is 2.36. The Hall–Kier alpha value is -2.43. The Morgan fingerprint density at radius 3 is 2.95 bits per heavy atom. The fourth-order valence-electron chi connectivity index (χ4n) is 1.99. The zero-order chi connectivity index (χ0) is 13.2. The van der Waals surface area contributed by atoms with Crippen LogP contribution in [0.1, 0.15) is 12.7 Å². The van der Waals surface area contributed by atoms with Crippen LogP contribution in [0.2, 0.25) is 0 Å². The van der Waals surface area contributed by atoms with E-state index < -0.39 is 0 Å². The molecule has 2 aromatic heterocycles. The molecule has 1 aromatic carbocycles. The van der Waals surface area contributed by atoms with E-state index in [1.807, 2.05) is 37.3 Å². The van der Waals surface area contributed by atoms with Crippen LogP contribution in [0, 0.1) is 0 Å². The molecule has 2 heterocycles. The van der Waals surface area contributed by atoms with Gasteiger partial charge in [-0.25, -0.2) is 4.98 Å². The molecule has 96 valence electrons. The smallest absolute Gasteiger partial charge is 0.252 e. The zero-order valence-corrected chi connectivity index (χ0v) is 10.9. The van der Waals surface area contributed by atoms with E-state index in [0.29, 0.717) is 5.78 Å². The SMILES string of the molecule is CCc1nc2nccc(-c3cccc(OC)c3)n2n1. The van der Waals surface area contributed by atoms with Crippen molar-refractivity contribution < 1.29 is 4.74 Å². The molecule has 0 aliphatic rings. The summed E-state index contributed by atoms with van der Waals surface area (Å²) >= 11 is 0. The first-order valence-corrected chi connectivity index (χ1v) is 6.17. The molecule has 0 aliphatic carbocycles. The Morgan fingerprint density at radius 1 is 1.26 bits per heavy atom. The van der Waals surface area contributed by atoms with Gasteiger partial charge < -0.3 is 4.74 Å². The fraction of sp³-hybridized carbons (Fsp3) is 0.214. The molecule has 0 radical (unpaired) electrons. The molecular weight excluding hydrogens is 240 g/mol. The molecule has 0 N–H and O–H groups in total. The summed E-state index contributed by atoms with van der Waals surface area (Å²) in [5, 5.41) is 4.47. The van der Waals surface area contributed by atoms with Gasteiger partial charge in [0.1, 0.15) is 5.75 Å². The fourth-order valence-corrected chi connectivity index (χ4v) is 1.99. The number of aryl methyl sites for hydroxylation is 1. The maximum atomic E-state index is 5.25. The molecule has 0 saturated carbocycles. The second kappa shape index (κ2) is 4.68. The molecule has 0 spiro atoms. The van der Waals surface area contributed by atoms with Crippen molar-refractivity contribution >= 4 is 5.78 Å². The second-order valence-corrected chi connectivity index (χ2v) is 4.16. The van der Waals surface area contributed by atoms with Crippen molar-refractivity contribution in [3.63, 3.8) is 0 Å². The van der Waals surface area contributed by atoms with E-state index in [0.717, 1.165) is 29.3 Å². The van der Waals surface area contributed by atoms with Crippen molar-refractivity contribution in [2.75, 3.05) is 7.11 Å². The van der Waals surface area contributed by atoms with Crippen LogP contribution in [0.25, 0.3) is 17.0 Å². The molecule has 0 fully saturated rings. The highest BCUT2D eigenvalue weighted by Gasteiger charge is 2.09. The van der Waals surface area contributed by atoms with Crippen molar-refractivity contribution in [2.24, 2.45) is 0 Å². The van der Waals surface area contributed by atoms with Gasteiger partial charge in [-0.3, -0.25) is 0 Å². The minimum absolute atomic E-state index is 0.622. The van der Waals surface area contributed by atoms with E-state index in [1.165, 1.54) is 0 Å². The number of methoxy groups -OCH3 is 1. The summed E-state index contributed by atoms with van der Waals surface area (Å²) in [5.74, 6) is 2.23. The Kier molecular flexibility index (Phi) is 2.87. The molecule has 0 bridgehead atoms. The Labute approximate surface area is 110 Å². The summed E-state index contributed by atoms with van der Waals surface area (Å²) in [7, 11) is 1.66. The minimum Gasteiger partial charge on any atom is -0.497 e. The summed E-state index contributed by atoms with van der Waals surface area (Å²) in [6.07, 6.45) is 2.54. The number of aromatic nitrogens is 4. The molecule has 0 amide bonds. The van der Waals surface area contributed by atoms with E-state index >= 15 is 0 Å². The largest absolute Gasteiger partial charge is 0.497 e. The van der Waals surface area contributed by atoms with Gasteiger partial charge in [0.25, 0.3) is 5.78 Å². The summed E-state index contributed by atoms with van der Waals surface area (Å²) in [4.78, 5) is 8.61. The molecule has 0 saturated heterocycles. The lowest BCUT2D eigenvalue weighted by atomic mass is 10.1. The van der Waals surface area contributed by atoms with Crippen LogP contribution in [0.3, 0.4) is 0 Å². The Morgan fingerprint density at radius 2 is 2.16 bits per heavy atom. The quantitative estimate of drug-likeness (QED) is 0.720. The second-order valence-electron chi connectivity index (χ2n) is 4.16. The van der Waals surface area contributed by atoms with Crippen LogP contribution in [0.4, 0.5) is 0 Å². The number of ether oxygens (including phenoxy) is 1. The average molecular weight is 254 g/mol. The zero-order valence-electron chi connectivity index (χ0n) is 10.9. The standard InChI is InChI=1S/C14H14N4O/c1-3-13-16-14-15-8-7-12(18(14)17-13)10-5-4-6-11(9-10)19-2/h4-9H,3H2,1-2H3. The van der Waals surface area contributed by atoms with Gasteiger partial charge in [-0.1, -0.05) is 19.1 Å². The molecule has 3 aromatic rings.